The van der Waals surface area contributed by atoms with Gasteiger partial charge in [0.25, 0.3) is 0 Å². The minimum absolute atomic E-state index is 0.292. The van der Waals surface area contributed by atoms with Gasteiger partial charge >= 0.3 is 5.97 Å². The largest absolute Gasteiger partial charge is 0.478 e. The molecule has 15 heavy (non-hydrogen) atoms. The Hall–Kier alpha value is -1.64. The summed E-state index contributed by atoms with van der Waals surface area (Å²) in [6.07, 6.45) is 2.16. The highest BCUT2D eigenvalue weighted by Crippen LogP contribution is 2.31. The topological polar surface area (TPSA) is 54.4 Å². The predicted octanol–water partition coefficient (Wildman–Crippen LogP) is 2.22. The fourth-order valence-electron chi connectivity index (χ4n) is 2.00. The van der Waals surface area contributed by atoms with Gasteiger partial charge in [-0.05, 0) is 30.0 Å². The van der Waals surface area contributed by atoms with E-state index >= 15 is 0 Å². The lowest BCUT2D eigenvalue weighted by atomic mass is 9.97. The number of carbonyl (C=O) groups is 2. The molecule has 3 nitrogen and oxygen atoms in total. The molecular formula is C12H12O3. The van der Waals surface area contributed by atoms with Crippen molar-refractivity contribution in [2.24, 2.45) is 0 Å². The van der Waals surface area contributed by atoms with Crippen LogP contribution < -0.4 is 0 Å². The van der Waals surface area contributed by atoms with Crippen molar-refractivity contribution >= 4 is 11.8 Å². The first kappa shape index (κ1) is 9.90. The van der Waals surface area contributed by atoms with Gasteiger partial charge in [0.15, 0.2) is 0 Å². The monoisotopic (exact) mass is 204 g/mol. The standard InChI is InChI=1S/C12H12O3/c13-11-6-5-10(7-11)8-1-3-9(4-2-8)12(14)15/h1-4,10H,5-7H2,(H,14,15)/t10-/m0/s1. The number of hydrogen-bond acceptors (Lipinski definition) is 2. The van der Waals surface area contributed by atoms with Crippen LogP contribution in [-0.4, -0.2) is 16.9 Å². The molecular weight excluding hydrogens is 192 g/mol. The molecule has 0 spiro atoms. The molecule has 0 aliphatic heterocycles. The van der Waals surface area contributed by atoms with Crippen LogP contribution in [0.3, 0.4) is 0 Å². The van der Waals surface area contributed by atoms with E-state index in [-0.39, 0.29) is 0 Å². The van der Waals surface area contributed by atoms with Crippen LogP contribution in [0.5, 0.6) is 0 Å². The zero-order valence-electron chi connectivity index (χ0n) is 8.27. The first-order valence-corrected chi connectivity index (χ1v) is 5.02. The third-order valence-corrected chi connectivity index (χ3v) is 2.87. The average Bonchev–Trinajstić information content (AvgIpc) is 2.65. The van der Waals surface area contributed by atoms with Crippen LogP contribution in [0.4, 0.5) is 0 Å². The van der Waals surface area contributed by atoms with E-state index in [0.29, 0.717) is 30.1 Å². The Balaban J connectivity index is 2.17. The summed E-state index contributed by atoms with van der Waals surface area (Å²) in [5.74, 6) is -0.313. The second-order valence-electron chi connectivity index (χ2n) is 3.91. The minimum atomic E-state index is -0.913. The summed E-state index contributed by atoms with van der Waals surface area (Å²) >= 11 is 0. The molecule has 0 amide bonds. The Morgan fingerprint density at radius 2 is 1.93 bits per heavy atom. The first-order valence-electron chi connectivity index (χ1n) is 5.02. The predicted molar refractivity (Wildman–Crippen MR) is 55.0 cm³/mol. The molecule has 3 heteroatoms. The van der Waals surface area contributed by atoms with Crippen LogP contribution in [0.25, 0.3) is 0 Å². The fourth-order valence-corrected chi connectivity index (χ4v) is 2.00. The van der Waals surface area contributed by atoms with Crippen molar-refractivity contribution in [1.29, 1.82) is 0 Å². The van der Waals surface area contributed by atoms with E-state index in [0.717, 1.165) is 12.0 Å². The summed E-state index contributed by atoms with van der Waals surface area (Å²) in [6.45, 7) is 0. The van der Waals surface area contributed by atoms with Gasteiger partial charge in [-0.25, -0.2) is 4.79 Å². The number of carbonyl (C=O) groups excluding carboxylic acids is 1. The van der Waals surface area contributed by atoms with Crippen molar-refractivity contribution in [2.75, 3.05) is 0 Å². The highest BCUT2D eigenvalue weighted by atomic mass is 16.4. The summed E-state index contributed by atoms with van der Waals surface area (Å²) in [5.41, 5.74) is 1.37. The van der Waals surface area contributed by atoms with Crippen molar-refractivity contribution in [3.8, 4) is 0 Å². The third kappa shape index (κ3) is 2.06. The zero-order chi connectivity index (χ0) is 10.8. The Bertz CT molecular complexity index is 392. The van der Waals surface area contributed by atoms with Gasteiger partial charge in [-0.1, -0.05) is 12.1 Å². The van der Waals surface area contributed by atoms with Crippen molar-refractivity contribution < 1.29 is 14.7 Å². The van der Waals surface area contributed by atoms with Gasteiger partial charge in [0.1, 0.15) is 5.78 Å². The van der Waals surface area contributed by atoms with Crippen LogP contribution in [-0.2, 0) is 4.79 Å². The average molecular weight is 204 g/mol. The summed E-state index contributed by atoms with van der Waals surface area (Å²) in [5, 5.41) is 8.73. The van der Waals surface area contributed by atoms with Crippen LogP contribution in [0.2, 0.25) is 0 Å². The number of benzene rings is 1. The third-order valence-electron chi connectivity index (χ3n) is 2.87. The van der Waals surface area contributed by atoms with Crippen LogP contribution >= 0.6 is 0 Å². The molecule has 1 aromatic carbocycles. The SMILES string of the molecule is O=C1CC[C@H](c2ccc(C(=O)O)cc2)C1. The summed E-state index contributed by atoms with van der Waals surface area (Å²) in [6, 6.07) is 6.82. The molecule has 1 aliphatic rings. The van der Waals surface area contributed by atoms with Gasteiger partial charge in [-0.15, -0.1) is 0 Å². The molecule has 0 bridgehead atoms. The van der Waals surface area contributed by atoms with Crippen molar-refractivity contribution in [1.82, 2.24) is 0 Å². The van der Waals surface area contributed by atoms with Crippen molar-refractivity contribution in [2.45, 2.75) is 25.2 Å². The number of carboxylic acids is 1. The number of rotatable bonds is 2. The molecule has 2 rings (SSSR count). The molecule has 0 aromatic heterocycles. The maximum absolute atomic E-state index is 11.1. The first-order chi connectivity index (χ1) is 7.16. The van der Waals surface area contributed by atoms with Crippen LogP contribution in [0, 0.1) is 0 Å². The van der Waals surface area contributed by atoms with E-state index in [4.69, 9.17) is 5.11 Å². The van der Waals surface area contributed by atoms with E-state index in [1.165, 1.54) is 0 Å². The maximum Gasteiger partial charge on any atom is 0.335 e. The van der Waals surface area contributed by atoms with Crippen molar-refractivity contribution in [3.05, 3.63) is 35.4 Å². The van der Waals surface area contributed by atoms with Gasteiger partial charge in [0, 0.05) is 12.8 Å². The van der Waals surface area contributed by atoms with E-state index in [1.807, 2.05) is 12.1 Å². The van der Waals surface area contributed by atoms with Gasteiger partial charge in [-0.2, -0.15) is 0 Å². The Labute approximate surface area is 87.7 Å². The normalized spacial score (nSPS) is 20.5. The van der Waals surface area contributed by atoms with Gasteiger partial charge in [0.05, 0.1) is 5.56 Å². The second-order valence-corrected chi connectivity index (χ2v) is 3.91. The quantitative estimate of drug-likeness (QED) is 0.803. The number of ketones is 1. The summed E-state index contributed by atoms with van der Waals surface area (Å²) < 4.78 is 0. The summed E-state index contributed by atoms with van der Waals surface area (Å²) in [4.78, 5) is 21.7. The smallest absolute Gasteiger partial charge is 0.335 e. The van der Waals surface area contributed by atoms with Gasteiger partial charge in [-0.3, -0.25) is 4.79 Å². The van der Waals surface area contributed by atoms with Crippen LogP contribution in [0.15, 0.2) is 24.3 Å². The van der Waals surface area contributed by atoms with E-state index < -0.39 is 5.97 Å². The van der Waals surface area contributed by atoms with Crippen LogP contribution in [0.1, 0.15) is 41.1 Å². The summed E-state index contributed by atoms with van der Waals surface area (Å²) in [7, 11) is 0. The lowest BCUT2D eigenvalue weighted by molar-refractivity contribution is -0.117. The van der Waals surface area contributed by atoms with E-state index in [9.17, 15) is 9.59 Å². The Kier molecular flexibility index (Phi) is 2.54. The second kappa shape index (κ2) is 3.85. The molecule has 0 radical (unpaired) electrons. The molecule has 1 aromatic rings. The van der Waals surface area contributed by atoms with Gasteiger partial charge < -0.3 is 5.11 Å². The van der Waals surface area contributed by atoms with Crippen molar-refractivity contribution in [3.63, 3.8) is 0 Å². The van der Waals surface area contributed by atoms with E-state index in [1.54, 1.807) is 12.1 Å². The molecule has 1 N–H and O–H groups in total. The molecule has 0 unspecified atom stereocenters. The highest BCUT2D eigenvalue weighted by Gasteiger charge is 2.23. The molecule has 0 heterocycles. The minimum Gasteiger partial charge on any atom is -0.478 e. The number of carboxylic acid groups (broad SMARTS) is 1. The molecule has 1 fully saturated rings. The molecule has 1 atom stereocenters. The Morgan fingerprint density at radius 3 is 2.40 bits per heavy atom. The molecule has 78 valence electrons. The molecule has 1 aliphatic carbocycles. The number of Topliss-reactive ketones (excluding diaryl/α,β-unsaturated/α-hetero) is 1. The highest BCUT2D eigenvalue weighted by molar-refractivity contribution is 5.87. The molecule has 1 saturated carbocycles. The maximum atomic E-state index is 11.1. The molecule has 0 saturated heterocycles. The lowest BCUT2D eigenvalue weighted by Gasteiger charge is -2.08. The van der Waals surface area contributed by atoms with E-state index in [2.05, 4.69) is 0 Å². The Morgan fingerprint density at radius 1 is 1.27 bits per heavy atom. The fraction of sp³-hybridized carbons (Fsp3) is 0.333. The number of aromatic carboxylic acids is 1. The number of hydrogen-bond donors (Lipinski definition) is 1. The van der Waals surface area contributed by atoms with Gasteiger partial charge in [0.2, 0.25) is 0 Å². The lowest BCUT2D eigenvalue weighted by Crippen LogP contribution is -1.98. The zero-order valence-corrected chi connectivity index (χ0v) is 8.27.